The molecule has 1 aromatic heterocycles. The first kappa shape index (κ1) is 9.39. The number of thiazole rings is 1. The van der Waals surface area contributed by atoms with Crippen LogP contribution in [0.5, 0.6) is 0 Å². The highest BCUT2D eigenvalue weighted by Gasteiger charge is 2.03. The third-order valence-electron chi connectivity index (χ3n) is 1.77. The van der Waals surface area contributed by atoms with Crippen molar-refractivity contribution in [2.24, 2.45) is 0 Å². The summed E-state index contributed by atoms with van der Waals surface area (Å²) in [6, 6.07) is 0. The molecule has 0 bridgehead atoms. The fourth-order valence-corrected chi connectivity index (χ4v) is 1.90. The lowest BCUT2D eigenvalue weighted by molar-refractivity contribution is 0.965. The van der Waals surface area contributed by atoms with Gasteiger partial charge in [-0.15, -0.1) is 11.3 Å². The van der Waals surface area contributed by atoms with Crippen LogP contribution in [0.3, 0.4) is 0 Å². The molecule has 66 valence electrons. The summed E-state index contributed by atoms with van der Waals surface area (Å²) in [4.78, 5) is 5.40. The van der Waals surface area contributed by atoms with Crippen LogP contribution in [0.1, 0.15) is 30.3 Å². The van der Waals surface area contributed by atoms with Gasteiger partial charge in [0, 0.05) is 17.0 Å². The SMILES string of the molecule is CCCC(=N)Cc1scnc1C. The maximum Gasteiger partial charge on any atom is 0.0797 e. The van der Waals surface area contributed by atoms with E-state index in [2.05, 4.69) is 11.9 Å². The van der Waals surface area contributed by atoms with Crippen molar-refractivity contribution < 1.29 is 0 Å². The Morgan fingerprint density at radius 2 is 2.42 bits per heavy atom. The minimum atomic E-state index is 0.796. The van der Waals surface area contributed by atoms with E-state index >= 15 is 0 Å². The van der Waals surface area contributed by atoms with Gasteiger partial charge in [-0.1, -0.05) is 13.3 Å². The molecule has 1 rings (SSSR count). The van der Waals surface area contributed by atoms with Gasteiger partial charge in [-0.2, -0.15) is 0 Å². The molecule has 1 N–H and O–H groups in total. The van der Waals surface area contributed by atoms with E-state index in [1.165, 1.54) is 4.88 Å². The summed E-state index contributed by atoms with van der Waals surface area (Å²) in [6.45, 7) is 4.11. The lowest BCUT2D eigenvalue weighted by Crippen LogP contribution is -2.00. The first-order chi connectivity index (χ1) is 5.74. The molecule has 0 saturated carbocycles. The zero-order valence-corrected chi connectivity index (χ0v) is 8.37. The molecule has 0 aromatic carbocycles. The van der Waals surface area contributed by atoms with Gasteiger partial charge in [-0.25, -0.2) is 4.98 Å². The number of rotatable bonds is 4. The topological polar surface area (TPSA) is 36.7 Å². The molecule has 0 aliphatic heterocycles. The van der Waals surface area contributed by atoms with Crippen LogP contribution < -0.4 is 0 Å². The summed E-state index contributed by atoms with van der Waals surface area (Å²) in [5.74, 6) is 0. The van der Waals surface area contributed by atoms with Gasteiger partial charge < -0.3 is 5.41 Å². The first-order valence-electron chi connectivity index (χ1n) is 4.19. The predicted molar refractivity (Wildman–Crippen MR) is 53.2 cm³/mol. The minimum Gasteiger partial charge on any atom is -0.309 e. The van der Waals surface area contributed by atoms with E-state index in [0.717, 1.165) is 30.7 Å². The molecular weight excluding hydrogens is 168 g/mol. The summed E-state index contributed by atoms with van der Waals surface area (Å²) in [6.07, 6.45) is 2.78. The summed E-state index contributed by atoms with van der Waals surface area (Å²) in [5.41, 5.74) is 3.76. The number of hydrogen-bond acceptors (Lipinski definition) is 3. The zero-order valence-electron chi connectivity index (χ0n) is 7.55. The number of nitrogens with zero attached hydrogens (tertiary/aromatic N) is 1. The highest BCUT2D eigenvalue weighted by Crippen LogP contribution is 2.13. The van der Waals surface area contributed by atoms with Gasteiger partial charge in [-0.3, -0.25) is 0 Å². The molecule has 0 radical (unpaired) electrons. The Morgan fingerprint density at radius 1 is 1.67 bits per heavy atom. The van der Waals surface area contributed by atoms with Gasteiger partial charge >= 0.3 is 0 Å². The first-order valence-corrected chi connectivity index (χ1v) is 5.07. The summed E-state index contributed by atoms with van der Waals surface area (Å²) < 4.78 is 0. The van der Waals surface area contributed by atoms with Crippen molar-refractivity contribution in [3.8, 4) is 0 Å². The van der Waals surface area contributed by atoms with Crippen LogP contribution in [0.25, 0.3) is 0 Å². The normalized spacial score (nSPS) is 10.2. The summed E-state index contributed by atoms with van der Waals surface area (Å²) in [7, 11) is 0. The van der Waals surface area contributed by atoms with Crippen LogP contribution in [0.15, 0.2) is 5.51 Å². The van der Waals surface area contributed by atoms with E-state index in [1.54, 1.807) is 11.3 Å². The molecule has 12 heavy (non-hydrogen) atoms. The third kappa shape index (κ3) is 2.41. The van der Waals surface area contributed by atoms with Gasteiger partial charge in [0.2, 0.25) is 0 Å². The second kappa shape index (κ2) is 4.36. The average molecular weight is 182 g/mol. The van der Waals surface area contributed by atoms with Crippen LogP contribution in [0.4, 0.5) is 0 Å². The second-order valence-electron chi connectivity index (χ2n) is 2.89. The smallest absolute Gasteiger partial charge is 0.0797 e. The summed E-state index contributed by atoms with van der Waals surface area (Å²) in [5, 5.41) is 7.64. The maximum atomic E-state index is 7.64. The van der Waals surface area contributed by atoms with E-state index in [9.17, 15) is 0 Å². The Balaban J connectivity index is 2.52. The van der Waals surface area contributed by atoms with E-state index in [4.69, 9.17) is 5.41 Å². The van der Waals surface area contributed by atoms with E-state index < -0.39 is 0 Å². The molecule has 0 aliphatic rings. The van der Waals surface area contributed by atoms with Crippen LogP contribution in [0, 0.1) is 12.3 Å². The second-order valence-corrected chi connectivity index (χ2v) is 3.83. The summed E-state index contributed by atoms with van der Waals surface area (Å²) >= 11 is 1.65. The largest absolute Gasteiger partial charge is 0.309 e. The monoisotopic (exact) mass is 182 g/mol. The van der Waals surface area contributed by atoms with Crippen molar-refractivity contribution in [3.63, 3.8) is 0 Å². The highest BCUT2D eigenvalue weighted by atomic mass is 32.1. The minimum absolute atomic E-state index is 0.796. The molecule has 0 aliphatic carbocycles. The Kier molecular flexibility index (Phi) is 3.41. The lowest BCUT2D eigenvalue weighted by atomic mass is 10.1. The van der Waals surface area contributed by atoms with Crippen molar-refractivity contribution in [1.82, 2.24) is 4.98 Å². The van der Waals surface area contributed by atoms with Crippen molar-refractivity contribution in [2.75, 3.05) is 0 Å². The van der Waals surface area contributed by atoms with Gasteiger partial charge in [-0.05, 0) is 13.3 Å². The van der Waals surface area contributed by atoms with Gasteiger partial charge in [0.05, 0.1) is 11.2 Å². The fraction of sp³-hybridized carbons (Fsp3) is 0.556. The van der Waals surface area contributed by atoms with Crippen LogP contribution in [-0.4, -0.2) is 10.7 Å². The number of aryl methyl sites for hydroxylation is 1. The molecule has 2 nitrogen and oxygen atoms in total. The molecule has 3 heteroatoms. The fourth-order valence-electron chi connectivity index (χ4n) is 1.08. The molecule has 0 unspecified atom stereocenters. The van der Waals surface area contributed by atoms with Crippen molar-refractivity contribution in [1.29, 1.82) is 5.41 Å². The van der Waals surface area contributed by atoms with E-state index in [1.807, 2.05) is 12.4 Å². The highest BCUT2D eigenvalue weighted by molar-refractivity contribution is 7.09. The predicted octanol–water partition coefficient (Wildman–Crippen LogP) is 2.81. The molecule has 0 amide bonds. The van der Waals surface area contributed by atoms with Crippen LogP contribution in [-0.2, 0) is 6.42 Å². The lowest BCUT2D eigenvalue weighted by Gasteiger charge is -1.99. The van der Waals surface area contributed by atoms with Gasteiger partial charge in [0.15, 0.2) is 0 Å². The van der Waals surface area contributed by atoms with E-state index in [0.29, 0.717) is 0 Å². The van der Waals surface area contributed by atoms with E-state index in [-0.39, 0.29) is 0 Å². The van der Waals surface area contributed by atoms with Crippen LogP contribution in [0.2, 0.25) is 0 Å². The van der Waals surface area contributed by atoms with Gasteiger partial charge in [0.25, 0.3) is 0 Å². The third-order valence-corrected chi connectivity index (χ3v) is 2.71. The Morgan fingerprint density at radius 3 is 2.92 bits per heavy atom. The van der Waals surface area contributed by atoms with Gasteiger partial charge in [0.1, 0.15) is 0 Å². The van der Waals surface area contributed by atoms with Crippen molar-refractivity contribution >= 4 is 17.0 Å². The Hall–Kier alpha value is -0.700. The number of aromatic nitrogens is 1. The molecule has 0 spiro atoms. The molecular formula is C9H14N2S. The average Bonchev–Trinajstić information content (AvgIpc) is 2.37. The number of hydrogen-bond donors (Lipinski definition) is 1. The van der Waals surface area contributed by atoms with Crippen molar-refractivity contribution in [3.05, 3.63) is 16.1 Å². The molecule has 0 fully saturated rings. The zero-order chi connectivity index (χ0) is 8.97. The molecule has 1 heterocycles. The Labute approximate surface area is 77.2 Å². The molecule has 0 atom stereocenters. The molecule has 1 aromatic rings. The quantitative estimate of drug-likeness (QED) is 0.714. The van der Waals surface area contributed by atoms with Crippen LogP contribution >= 0.6 is 11.3 Å². The van der Waals surface area contributed by atoms with Crippen molar-refractivity contribution in [2.45, 2.75) is 33.1 Å². The number of nitrogens with one attached hydrogen (secondary N) is 1. The standard InChI is InChI=1S/C9H14N2S/c1-3-4-8(10)5-9-7(2)11-6-12-9/h6,10H,3-5H2,1-2H3. The Bertz CT molecular complexity index is 265. The maximum absolute atomic E-state index is 7.64. The molecule has 0 saturated heterocycles.